The molecule has 0 aromatic rings. The molecule has 4 heteroatoms. The number of Topliss-reactive ketones (excluding diaryl/α,β-unsaturated/α-hetero) is 1. The van der Waals surface area contributed by atoms with Crippen LogP contribution in [0.5, 0.6) is 0 Å². The van der Waals surface area contributed by atoms with Crippen LogP contribution < -0.4 is 0 Å². The first-order valence-corrected chi connectivity index (χ1v) is 5.77. The van der Waals surface area contributed by atoms with Crippen molar-refractivity contribution in [2.24, 2.45) is 5.92 Å². The number of likely N-dealkylation sites (tertiary alicyclic amines) is 1. The Labute approximate surface area is 95.9 Å². The molecule has 2 fully saturated rings. The van der Waals surface area contributed by atoms with Crippen LogP contribution in [-0.2, 0) is 14.3 Å². The fourth-order valence-electron chi connectivity index (χ4n) is 3.12. The van der Waals surface area contributed by atoms with E-state index >= 15 is 0 Å². The molecule has 2 saturated heterocycles. The first-order valence-electron chi connectivity index (χ1n) is 5.77. The van der Waals surface area contributed by atoms with Gasteiger partial charge < -0.3 is 9.64 Å². The summed E-state index contributed by atoms with van der Waals surface area (Å²) in [5.74, 6) is 0.219. The second-order valence-corrected chi connectivity index (χ2v) is 5.51. The van der Waals surface area contributed by atoms with Gasteiger partial charge in [0.15, 0.2) is 5.78 Å². The summed E-state index contributed by atoms with van der Waals surface area (Å²) in [6, 6.07) is -0.274. The Kier molecular flexibility index (Phi) is 2.57. The van der Waals surface area contributed by atoms with Gasteiger partial charge in [-0.2, -0.15) is 0 Å². The van der Waals surface area contributed by atoms with E-state index in [1.54, 1.807) is 11.8 Å². The zero-order chi connectivity index (χ0) is 12.1. The third kappa shape index (κ3) is 1.75. The average molecular weight is 225 g/mol. The maximum absolute atomic E-state index is 11.7. The lowest BCUT2D eigenvalue weighted by atomic mass is 9.89. The van der Waals surface area contributed by atoms with E-state index in [4.69, 9.17) is 4.74 Å². The summed E-state index contributed by atoms with van der Waals surface area (Å²) in [5.41, 5.74) is -0.161. The van der Waals surface area contributed by atoms with Gasteiger partial charge in [-0.05, 0) is 27.2 Å². The molecule has 0 bridgehead atoms. The smallest absolute Gasteiger partial charge is 0.220 e. The zero-order valence-corrected chi connectivity index (χ0v) is 10.3. The van der Waals surface area contributed by atoms with Gasteiger partial charge in [-0.15, -0.1) is 0 Å². The number of fused-ring (bicyclic) bond motifs is 1. The van der Waals surface area contributed by atoms with Crippen molar-refractivity contribution in [3.8, 4) is 0 Å². The third-order valence-corrected chi connectivity index (χ3v) is 3.61. The lowest BCUT2D eigenvalue weighted by Crippen LogP contribution is -2.42. The second-order valence-electron chi connectivity index (χ2n) is 5.51. The highest BCUT2D eigenvalue weighted by atomic mass is 16.5. The van der Waals surface area contributed by atoms with Crippen LogP contribution in [0.1, 0.15) is 34.1 Å². The molecule has 16 heavy (non-hydrogen) atoms. The Morgan fingerprint density at radius 2 is 1.94 bits per heavy atom. The predicted molar refractivity (Wildman–Crippen MR) is 58.9 cm³/mol. The Morgan fingerprint density at radius 3 is 2.44 bits per heavy atom. The molecule has 0 aliphatic carbocycles. The van der Waals surface area contributed by atoms with Crippen molar-refractivity contribution in [2.75, 3.05) is 6.54 Å². The monoisotopic (exact) mass is 225 g/mol. The summed E-state index contributed by atoms with van der Waals surface area (Å²) in [7, 11) is 0. The molecule has 0 N–H and O–H groups in total. The van der Waals surface area contributed by atoms with Crippen LogP contribution in [0.25, 0.3) is 0 Å². The minimum atomic E-state index is -0.274. The second kappa shape index (κ2) is 3.55. The van der Waals surface area contributed by atoms with Crippen molar-refractivity contribution in [1.29, 1.82) is 0 Å². The molecule has 3 atom stereocenters. The van der Waals surface area contributed by atoms with Crippen molar-refractivity contribution < 1.29 is 14.3 Å². The van der Waals surface area contributed by atoms with Crippen molar-refractivity contribution in [1.82, 2.24) is 4.90 Å². The van der Waals surface area contributed by atoms with Crippen molar-refractivity contribution in [2.45, 2.75) is 51.9 Å². The highest BCUT2D eigenvalue weighted by Crippen LogP contribution is 2.42. The van der Waals surface area contributed by atoms with Gasteiger partial charge in [-0.1, -0.05) is 0 Å². The molecule has 1 amide bonds. The molecule has 2 rings (SSSR count). The first-order chi connectivity index (χ1) is 7.32. The number of hydrogen-bond acceptors (Lipinski definition) is 3. The molecular weight excluding hydrogens is 206 g/mol. The summed E-state index contributed by atoms with van der Waals surface area (Å²) in [5, 5.41) is 0. The highest BCUT2D eigenvalue weighted by Gasteiger charge is 2.53. The van der Waals surface area contributed by atoms with Gasteiger partial charge in [0.25, 0.3) is 0 Å². The molecule has 0 aromatic heterocycles. The van der Waals surface area contributed by atoms with E-state index in [1.165, 1.54) is 6.92 Å². The maximum Gasteiger partial charge on any atom is 0.220 e. The fraction of sp³-hybridized carbons (Fsp3) is 0.833. The van der Waals surface area contributed by atoms with E-state index in [1.807, 2.05) is 13.8 Å². The summed E-state index contributed by atoms with van der Waals surface area (Å²) >= 11 is 0. The van der Waals surface area contributed by atoms with Crippen LogP contribution in [0.15, 0.2) is 0 Å². The van der Waals surface area contributed by atoms with Crippen LogP contribution in [-0.4, -0.2) is 40.9 Å². The lowest BCUT2D eigenvalue weighted by Gasteiger charge is -2.27. The molecule has 0 spiro atoms. The first kappa shape index (κ1) is 11.6. The van der Waals surface area contributed by atoms with Crippen molar-refractivity contribution >= 4 is 11.7 Å². The number of ether oxygens (including phenoxy) is 1. The van der Waals surface area contributed by atoms with Crippen LogP contribution >= 0.6 is 0 Å². The van der Waals surface area contributed by atoms with E-state index in [0.717, 1.165) is 6.42 Å². The Morgan fingerprint density at radius 1 is 1.31 bits per heavy atom. The summed E-state index contributed by atoms with van der Waals surface area (Å²) in [4.78, 5) is 24.8. The molecule has 4 nitrogen and oxygen atoms in total. The largest absolute Gasteiger partial charge is 0.370 e. The van der Waals surface area contributed by atoms with Gasteiger partial charge in [0.1, 0.15) is 0 Å². The summed E-state index contributed by atoms with van der Waals surface area (Å²) in [6.07, 6.45) is 0.888. The topological polar surface area (TPSA) is 46.6 Å². The summed E-state index contributed by atoms with van der Waals surface area (Å²) in [6.45, 7) is 7.73. The lowest BCUT2D eigenvalue weighted by molar-refractivity contribution is -0.136. The van der Waals surface area contributed by atoms with Gasteiger partial charge in [-0.3, -0.25) is 9.59 Å². The average Bonchev–Trinajstić information content (AvgIpc) is 2.54. The van der Waals surface area contributed by atoms with Crippen LogP contribution in [0.2, 0.25) is 0 Å². The summed E-state index contributed by atoms with van der Waals surface area (Å²) < 4.78 is 5.89. The molecule has 0 saturated carbocycles. The van der Waals surface area contributed by atoms with E-state index in [9.17, 15) is 9.59 Å². The van der Waals surface area contributed by atoms with Gasteiger partial charge in [0.2, 0.25) is 5.91 Å². The quantitative estimate of drug-likeness (QED) is 0.668. The minimum Gasteiger partial charge on any atom is -0.370 e. The Hall–Kier alpha value is -0.900. The van der Waals surface area contributed by atoms with E-state index in [2.05, 4.69) is 0 Å². The number of carbonyl (C=O) groups excluding carboxylic acids is 2. The fourth-order valence-corrected chi connectivity index (χ4v) is 3.12. The van der Waals surface area contributed by atoms with Crippen molar-refractivity contribution in [3.63, 3.8) is 0 Å². The number of amides is 1. The number of carbonyl (C=O) groups is 2. The Bertz CT molecular complexity index is 337. The SMILES string of the molecule is CC(=O)C1[C@H]2CC(C)(C)O[C@H]2CN1C(C)=O. The van der Waals surface area contributed by atoms with E-state index < -0.39 is 0 Å². The molecule has 90 valence electrons. The third-order valence-electron chi connectivity index (χ3n) is 3.61. The van der Waals surface area contributed by atoms with E-state index in [0.29, 0.717) is 6.54 Å². The number of hydrogen-bond donors (Lipinski definition) is 0. The molecule has 0 radical (unpaired) electrons. The van der Waals surface area contributed by atoms with Gasteiger partial charge in [0.05, 0.1) is 17.7 Å². The standard InChI is InChI=1S/C12H19NO3/c1-7(14)11-9-5-12(3,4)16-10(9)6-13(11)8(2)15/h9-11H,5-6H2,1-4H3/t9-,10-,11?/m0/s1. The van der Waals surface area contributed by atoms with Gasteiger partial charge in [-0.25, -0.2) is 0 Å². The highest BCUT2D eigenvalue weighted by molar-refractivity contribution is 5.88. The Balaban J connectivity index is 2.23. The number of ketones is 1. The zero-order valence-electron chi connectivity index (χ0n) is 10.3. The van der Waals surface area contributed by atoms with Crippen LogP contribution in [0.3, 0.4) is 0 Å². The molecular formula is C12H19NO3. The van der Waals surface area contributed by atoms with Gasteiger partial charge in [0, 0.05) is 19.4 Å². The molecule has 2 aliphatic heterocycles. The van der Waals surface area contributed by atoms with Crippen LogP contribution in [0.4, 0.5) is 0 Å². The maximum atomic E-state index is 11.7. The molecule has 2 heterocycles. The molecule has 1 unspecified atom stereocenters. The minimum absolute atomic E-state index is 0.0315. The van der Waals surface area contributed by atoms with E-state index in [-0.39, 0.29) is 35.4 Å². The van der Waals surface area contributed by atoms with Gasteiger partial charge >= 0.3 is 0 Å². The predicted octanol–water partition coefficient (Wildman–Crippen LogP) is 0.990. The normalized spacial score (nSPS) is 36.2. The van der Waals surface area contributed by atoms with Crippen LogP contribution in [0, 0.1) is 5.92 Å². The number of nitrogens with zero attached hydrogens (tertiary/aromatic N) is 1. The molecule has 0 aromatic carbocycles. The number of rotatable bonds is 1. The molecule has 2 aliphatic rings. The van der Waals surface area contributed by atoms with Crippen molar-refractivity contribution in [3.05, 3.63) is 0 Å².